The van der Waals surface area contributed by atoms with Crippen LogP contribution in [0, 0.1) is 6.92 Å². The highest BCUT2D eigenvalue weighted by molar-refractivity contribution is 6.30. The SMILES string of the molecule is Cc1ncc2c(=O)n(-c3ccc(Cl)cc3)[nH]c2c1-c1ccc(-n2ccnc2)cc1. The summed E-state index contributed by atoms with van der Waals surface area (Å²) in [5, 5.41) is 4.42. The Morgan fingerprint density at radius 1 is 1.00 bits per heavy atom. The van der Waals surface area contributed by atoms with E-state index in [9.17, 15) is 4.79 Å². The molecule has 0 radical (unpaired) electrons. The monoisotopic (exact) mass is 401 g/mol. The molecule has 0 aliphatic rings. The van der Waals surface area contributed by atoms with Crippen LogP contribution in [0.5, 0.6) is 0 Å². The zero-order valence-corrected chi connectivity index (χ0v) is 16.3. The minimum atomic E-state index is -0.147. The van der Waals surface area contributed by atoms with Gasteiger partial charge in [-0.2, -0.15) is 0 Å². The van der Waals surface area contributed by atoms with Crippen molar-refractivity contribution < 1.29 is 0 Å². The summed E-state index contributed by atoms with van der Waals surface area (Å²) >= 11 is 5.98. The van der Waals surface area contributed by atoms with Gasteiger partial charge in [0.15, 0.2) is 0 Å². The van der Waals surface area contributed by atoms with E-state index in [2.05, 4.69) is 15.1 Å². The van der Waals surface area contributed by atoms with Crippen molar-refractivity contribution in [3.8, 4) is 22.5 Å². The first-order valence-electron chi connectivity index (χ1n) is 9.07. The maximum Gasteiger partial charge on any atom is 0.280 e. The number of aromatic amines is 1. The van der Waals surface area contributed by atoms with Crippen molar-refractivity contribution in [3.05, 3.63) is 94.5 Å². The Kier molecular flexibility index (Phi) is 4.07. The molecule has 142 valence electrons. The smallest absolute Gasteiger partial charge is 0.280 e. The van der Waals surface area contributed by atoms with Crippen molar-refractivity contribution >= 4 is 22.5 Å². The van der Waals surface area contributed by atoms with Crippen LogP contribution in [-0.2, 0) is 0 Å². The van der Waals surface area contributed by atoms with Gasteiger partial charge in [0.1, 0.15) is 0 Å². The van der Waals surface area contributed by atoms with Gasteiger partial charge in [0.05, 0.1) is 22.9 Å². The van der Waals surface area contributed by atoms with Gasteiger partial charge in [-0.3, -0.25) is 14.9 Å². The molecule has 0 aliphatic carbocycles. The van der Waals surface area contributed by atoms with Crippen molar-refractivity contribution in [2.75, 3.05) is 0 Å². The molecule has 3 aromatic heterocycles. The normalized spacial score (nSPS) is 11.2. The number of aryl methyl sites for hydroxylation is 1. The number of H-pyrrole nitrogens is 1. The Morgan fingerprint density at radius 2 is 1.72 bits per heavy atom. The van der Waals surface area contributed by atoms with Crippen LogP contribution in [0.2, 0.25) is 5.02 Å². The van der Waals surface area contributed by atoms with Crippen molar-refractivity contribution in [3.63, 3.8) is 0 Å². The third kappa shape index (κ3) is 2.94. The quantitative estimate of drug-likeness (QED) is 0.483. The molecule has 6 nitrogen and oxygen atoms in total. The Bertz CT molecular complexity index is 1360. The summed E-state index contributed by atoms with van der Waals surface area (Å²) < 4.78 is 3.46. The standard InChI is InChI=1S/C22H16ClN5O/c1-14-20(15-2-6-17(7-3-15)27-11-10-24-13-27)21-19(12-25-14)22(29)28(26-21)18-8-4-16(23)5-9-18/h2-13,26H,1H3. The Hall–Kier alpha value is -3.64. The van der Waals surface area contributed by atoms with E-state index in [-0.39, 0.29) is 5.56 Å². The first-order valence-corrected chi connectivity index (χ1v) is 9.44. The molecule has 2 aromatic carbocycles. The van der Waals surface area contributed by atoms with Gasteiger partial charge < -0.3 is 4.57 Å². The average Bonchev–Trinajstić information content (AvgIpc) is 3.38. The minimum Gasteiger partial charge on any atom is -0.306 e. The molecule has 0 saturated heterocycles. The van der Waals surface area contributed by atoms with E-state index in [0.29, 0.717) is 10.4 Å². The second kappa shape index (κ2) is 6.76. The molecule has 0 fully saturated rings. The van der Waals surface area contributed by atoms with Crippen LogP contribution in [0.3, 0.4) is 0 Å². The lowest BCUT2D eigenvalue weighted by Gasteiger charge is -2.08. The second-order valence-corrected chi connectivity index (χ2v) is 7.19. The molecule has 0 spiro atoms. The first-order chi connectivity index (χ1) is 14.1. The molecule has 29 heavy (non-hydrogen) atoms. The Labute approximate surface area is 171 Å². The van der Waals surface area contributed by atoms with Crippen LogP contribution in [0.4, 0.5) is 0 Å². The highest BCUT2D eigenvalue weighted by Crippen LogP contribution is 2.29. The summed E-state index contributed by atoms with van der Waals surface area (Å²) in [6.45, 7) is 1.94. The number of hydrogen-bond donors (Lipinski definition) is 1. The van der Waals surface area contributed by atoms with Gasteiger partial charge in [-0.25, -0.2) is 9.67 Å². The molecular formula is C22H16ClN5O. The van der Waals surface area contributed by atoms with Gasteiger partial charge in [-0.15, -0.1) is 0 Å². The van der Waals surface area contributed by atoms with E-state index in [4.69, 9.17) is 11.6 Å². The van der Waals surface area contributed by atoms with Crippen LogP contribution in [0.1, 0.15) is 5.69 Å². The van der Waals surface area contributed by atoms with Gasteiger partial charge >= 0.3 is 0 Å². The molecule has 0 amide bonds. The first kappa shape index (κ1) is 17.5. The maximum atomic E-state index is 13.0. The molecule has 0 saturated carbocycles. The number of nitrogens with zero attached hydrogens (tertiary/aromatic N) is 4. The fraction of sp³-hybridized carbons (Fsp3) is 0.0455. The predicted molar refractivity (Wildman–Crippen MR) is 114 cm³/mol. The summed E-state index contributed by atoms with van der Waals surface area (Å²) in [7, 11) is 0. The fourth-order valence-corrected chi connectivity index (χ4v) is 3.63. The lowest BCUT2D eigenvalue weighted by Crippen LogP contribution is -2.14. The molecule has 0 unspecified atom stereocenters. The Morgan fingerprint density at radius 3 is 2.41 bits per heavy atom. The number of rotatable bonds is 3. The molecule has 0 atom stereocenters. The second-order valence-electron chi connectivity index (χ2n) is 6.75. The van der Waals surface area contributed by atoms with Crippen LogP contribution in [-0.4, -0.2) is 24.3 Å². The van der Waals surface area contributed by atoms with Crippen LogP contribution in [0.15, 0.2) is 78.2 Å². The highest BCUT2D eigenvalue weighted by atomic mass is 35.5. The number of halogens is 1. The maximum absolute atomic E-state index is 13.0. The zero-order valence-electron chi connectivity index (χ0n) is 15.5. The summed E-state index contributed by atoms with van der Waals surface area (Å²) in [6.07, 6.45) is 7.02. The van der Waals surface area contributed by atoms with Crippen molar-refractivity contribution in [2.45, 2.75) is 6.92 Å². The topological polar surface area (TPSA) is 68.5 Å². The van der Waals surface area contributed by atoms with Crippen LogP contribution < -0.4 is 5.56 Å². The largest absolute Gasteiger partial charge is 0.306 e. The van der Waals surface area contributed by atoms with E-state index in [1.54, 1.807) is 43.0 Å². The number of nitrogens with one attached hydrogen (secondary N) is 1. The lowest BCUT2D eigenvalue weighted by atomic mass is 10.0. The molecule has 0 bridgehead atoms. The molecule has 1 N–H and O–H groups in total. The van der Waals surface area contributed by atoms with Gasteiger partial charge in [0.2, 0.25) is 0 Å². The molecule has 3 heterocycles. The van der Waals surface area contributed by atoms with Crippen molar-refractivity contribution in [2.24, 2.45) is 0 Å². The average molecular weight is 402 g/mol. The highest BCUT2D eigenvalue weighted by Gasteiger charge is 2.16. The summed E-state index contributed by atoms with van der Waals surface area (Å²) in [5.74, 6) is 0. The number of aromatic nitrogens is 5. The number of benzene rings is 2. The molecule has 0 aliphatic heterocycles. The third-order valence-electron chi connectivity index (χ3n) is 4.97. The van der Waals surface area contributed by atoms with Gasteiger partial charge in [-0.1, -0.05) is 23.7 Å². The molecular weight excluding hydrogens is 386 g/mol. The summed E-state index contributed by atoms with van der Waals surface area (Å²) in [5.41, 5.74) is 5.07. The van der Waals surface area contributed by atoms with Crippen molar-refractivity contribution in [1.29, 1.82) is 0 Å². The number of pyridine rings is 1. The van der Waals surface area contributed by atoms with Crippen molar-refractivity contribution in [1.82, 2.24) is 24.3 Å². The van der Waals surface area contributed by atoms with Crippen LogP contribution >= 0.6 is 11.6 Å². The third-order valence-corrected chi connectivity index (χ3v) is 5.22. The van der Waals surface area contributed by atoms with E-state index in [1.807, 2.05) is 42.0 Å². The van der Waals surface area contributed by atoms with Gasteiger partial charge in [-0.05, 0) is 48.9 Å². The fourth-order valence-electron chi connectivity index (χ4n) is 3.50. The number of hydrogen-bond acceptors (Lipinski definition) is 3. The van der Waals surface area contributed by atoms with Gasteiger partial charge in [0, 0.05) is 40.6 Å². The van der Waals surface area contributed by atoms with E-state index >= 15 is 0 Å². The summed E-state index contributed by atoms with van der Waals surface area (Å²) in [6, 6.07) is 15.2. The molecule has 7 heteroatoms. The molecule has 5 rings (SSSR count). The van der Waals surface area contributed by atoms with E-state index in [1.165, 1.54) is 4.68 Å². The Balaban J connectivity index is 1.68. The minimum absolute atomic E-state index is 0.147. The van der Waals surface area contributed by atoms with E-state index < -0.39 is 0 Å². The van der Waals surface area contributed by atoms with Gasteiger partial charge in [0.25, 0.3) is 5.56 Å². The molecule has 5 aromatic rings. The summed E-state index contributed by atoms with van der Waals surface area (Å²) in [4.78, 5) is 21.5. The number of imidazole rings is 1. The zero-order chi connectivity index (χ0) is 20.0. The van der Waals surface area contributed by atoms with Crippen LogP contribution in [0.25, 0.3) is 33.4 Å². The van der Waals surface area contributed by atoms with E-state index in [0.717, 1.165) is 33.7 Å². The lowest BCUT2D eigenvalue weighted by molar-refractivity contribution is 0.864. The predicted octanol–water partition coefficient (Wildman–Crippen LogP) is 4.53. The number of fused-ring (bicyclic) bond motifs is 1.